The van der Waals surface area contributed by atoms with E-state index in [1.165, 1.54) is 360 Å². The second-order valence-electron chi connectivity index (χ2n) is 35.5. The monoisotopic (exact) mass is 1940 g/mol. The third kappa shape index (κ3) is 30.6. The molecule has 0 amide bonds. The molecule has 16 rings (SSSR count). The molecule has 0 N–H and O–H groups in total. The zero-order chi connectivity index (χ0) is 90.1. The maximum absolute atomic E-state index is 6.70. The summed E-state index contributed by atoms with van der Waals surface area (Å²) in [5.41, 5.74) is 9.86. The molecule has 0 aliphatic heterocycles. The Morgan fingerprint density at radius 2 is 0.431 bits per heavy atom. The number of benzene rings is 6. The lowest BCUT2D eigenvalue weighted by Gasteiger charge is -2.12. The molecule has 10 aromatic heterocycles. The molecule has 680 valence electrons. The smallest absolute Gasteiger partial charge is 0.0944 e. The van der Waals surface area contributed by atoms with Crippen LogP contribution in [0.3, 0.4) is 0 Å². The van der Waals surface area contributed by atoms with E-state index in [9.17, 15) is 0 Å². The van der Waals surface area contributed by atoms with E-state index in [0.29, 0.717) is 0 Å². The standard InChI is InChI=1S/C56H66S4.C54H60Cl2S4.2C4H4S/c1-5-7-9-11-13-15-17-19-21-23-25-43-35-41(3)59-53(43)29-27-47-49-37-45-31-33-58-56(45)40-52(49)48(50-38-46-32-34-57-55(46)39-51(47)50)28-30-54-44(36-42(4)60-54)26-24-22-20-18-16-14-12-10-8-6-2;1-3-5-7-9-11-13-15-17-19-21-23-39-35-53(55)59-49(39)27-25-43-45-33-41-29-31-58-52(41)38-48(45)44(46-34-42-30-32-57-51(42)37-47(43)46)26-28-50-40(36-54(56)60-50)24-22-20-18-16-14-12-10-8-6-4-2;2*1-2-4-5-3-1/h31-40H,5-26H2,1-4H3;29-38H,3-24H2,1-2H3;2*1-4H. The molecule has 12 heteroatoms. The number of halogens is 2. The van der Waals surface area contributed by atoms with Gasteiger partial charge in [-0.25, -0.2) is 0 Å². The fourth-order valence-electron chi connectivity index (χ4n) is 18.0. The molecule has 6 aromatic carbocycles. The van der Waals surface area contributed by atoms with Gasteiger partial charge in [0.2, 0.25) is 0 Å². The normalized spacial score (nSPS) is 11.3. The van der Waals surface area contributed by atoms with Crippen LogP contribution in [0.4, 0.5) is 0 Å². The Balaban J connectivity index is 0.000000199. The topological polar surface area (TPSA) is 0 Å². The first kappa shape index (κ1) is 101. The zero-order valence-electron chi connectivity index (χ0n) is 78.1. The summed E-state index contributed by atoms with van der Waals surface area (Å²) in [5.74, 6) is 30.1. The van der Waals surface area contributed by atoms with Crippen LogP contribution in [-0.2, 0) is 25.7 Å². The highest BCUT2D eigenvalue weighted by Gasteiger charge is 2.21. The van der Waals surface area contributed by atoms with E-state index in [1.807, 2.05) is 91.1 Å². The predicted molar refractivity (Wildman–Crippen MR) is 596 cm³/mol. The molecule has 0 bridgehead atoms. The minimum absolute atomic E-state index is 0.822. The molecule has 0 fully saturated rings. The number of hydrogen-bond acceptors (Lipinski definition) is 10. The fraction of sp³-hybridized carbons (Fsp3) is 0.424. The highest BCUT2D eigenvalue weighted by molar-refractivity contribution is 7.19. The lowest BCUT2D eigenvalue weighted by Crippen LogP contribution is -1.92. The molecule has 10 heterocycles. The van der Waals surface area contributed by atoms with Crippen LogP contribution in [0.2, 0.25) is 8.67 Å². The fourth-order valence-corrected chi connectivity index (χ4v) is 26.3. The van der Waals surface area contributed by atoms with Gasteiger partial charge in [-0.1, -0.05) is 354 Å². The molecule has 0 aliphatic rings. The minimum atomic E-state index is 0.822. The summed E-state index contributed by atoms with van der Waals surface area (Å²) in [6, 6.07) is 45.2. The van der Waals surface area contributed by atoms with Gasteiger partial charge in [-0.2, -0.15) is 22.7 Å². The van der Waals surface area contributed by atoms with Crippen molar-refractivity contribution in [3.05, 3.63) is 247 Å². The number of hydrogen-bond donors (Lipinski definition) is 0. The van der Waals surface area contributed by atoms with Crippen molar-refractivity contribution in [1.29, 1.82) is 0 Å². The summed E-state index contributed by atoms with van der Waals surface area (Å²) < 4.78 is 6.80. The molecule has 0 radical (unpaired) electrons. The quantitative estimate of drug-likeness (QED) is 0.0203. The predicted octanol–water partition coefficient (Wildman–Crippen LogP) is 42.0. The number of fused-ring (bicyclic) bond motifs is 8. The van der Waals surface area contributed by atoms with Gasteiger partial charge in [0.1, 0.15) is 0 Å². The van der Waals surface area contributed by atoms with Crippen LogP contribution in [0.25, 0.3) is 83.4 Å². The molecular weight excluding hydrogens is 1810 g/mol. The summed E-state index contributed by atoms with van der Waals surface area (Å²) in [5, 5.41) is 31.6. The Kier molecular flexibility index (Phi) is 43.3. The van der Waals surface area contributed by atoms with Gasteiger partial charge in [0.15, 0.2) is 0 Å². The summed E-state index contributed by atoms with van der Waals surface area (Å²) in [7, 11) is 0. The van der Waals surface area contributed by atoms with Gasteiger partial charge < -0.3 is 0 Å². The molecule has 0 aliphatic carbocycles. The van der Waals surface area contributed by atoms with Gasteiger partial charge >= 0.3 is 0 Å². The molecule has 16 aromatic rings. The van der Waals surface area contributed by atoms with Crippen molar-refractivity contribution in [2.45, 2.75) is 324 Å². The average Bonchev–Trinajstić information content (AvgIpc) is 1.31. The highest BCUT2D eigenvalue weighted by atomic mass is 35.5. The second-order valence-corrected chi connectivity index (χ2v) is 46.8. The van der Waals surface area contributed by atoms with Gasteiger partial charge in [-0.15, -0.1) is 90.7 Å². The molecule has 0 nitrogen and oxygen atoms in total. The van der Waals surface area contributed by atoms with Gasteiger partial charge in [-0.3, -0.25) is 0 Å². The summed E-state index contributed by atoms with van der Waals surface area (Å²) in [6.07, 6.45) is 58.3. The summed E-state index contributed by atoms with van der Waals surface area (Å²) >= 11 is 31.0. The van der Waals surface area contributed by atoms with E-state index in [4.69, 9.17) is 23.2 Å². The van der Waals surface area contributed by atoms with Crippen LogP contribution in [0.5, 0.6) is 0 Å². The van der Waals surface area contributed by atoms with Crippen molar-refractivity contribution >= 4 is 220 Å². The van der Waals surface area contributed by atoms with Gasteiger partial charge in [0.25, 0.3) is 0 Å². The molecule has 0 atom stereocenters. The number of rotatable bonds is 44. The van der Waals surface area contributed by atoms with Crippen LogP contribution in [0.15, 0.2) is 164 Å². The minimum Gasteiger partial charge on any atom is -0.152 e. The average molecular weight is 1940 g/mol. The van der Waals surface area contributed by atoms with Gasteiger partial charge in [0.05, 0.1) is 28.2 Å². The Hall–Kier alpha value is -6.78. The highest BCUT2D eigenvalue weighted by Crippen LogP contribution is 2.43. The van der Waals surface area contributed by atoms with E-state index in [-0.39, 0.29) is 0 Å². The van der Waals surface area contributed by atoms with Crippen LogP contribution in [-0.4, -0.2) is 0 Å². The summed E-state index contributed by atoms with van der Waals surface area (Å²) in [4.78, 5) is 7.39. The Bertz CT molecular complexity index is 5420. The van der Waals surface area contributed by atoms with Crippen molar-refractivity contribution in [2.24, 2.45) is 0 Å². The molecule has 0 unspecified atom stereocenters. The van der Waals surface area contributed by atoms with Crippen molar-refractivity contribution in [3.8, 4) is 47.4 Å². The lowest BCUT2D eigenvalue weighted by atomic mass is 9.90. The van der Waals surface area contributed by atoms with E-state index in [2.05, 4.69) is 207 Å². The van der Waals surface area contributed by atoms with Crippen molar-refractivity contribution in [2.75, 3.05) is 0 Å². The maximum Gasteiger partial charge on any atom is 0.0944 e. The van der Waals surface area contributed by atoms with Gasteiger partial charge in [-0.05, 0) is 271 Å². The number of unbranched alkanes of at least 4 members (excludes halogenated alkanes) is 36. The molecular formula is C118H134Cl2S10. The van der Waals surface area contributed by atoms with E-state index in [0.717, 1.165) is 87.9 Å². The third-order valence-electron chi connectivity index (χ3n) is 25.2. The first-order valence-electron chi connectivity index (χ1n) is 49.4. The largest absolute Gasteiger partial charge is 0.152 e. The van der Waals surface area contributed by atoms with Crippen molar-refractivity contribution in [3.63, 3.8) is 0 Å². The molecule has 0 saturated heterocycles. The number of aryl methyl sites for hydroxylation is 6. The maximum atomic E-state index is 6.70. The van der Waals surface area contributed by atoms with Crippen LogP contribution in [0, 0.1) is 61.2 Å². The Morgan fingerprint density at radius 3 is 0.654 bits per heavy atom. The van der Waals surface area contributed by atoms with E-state index >= 15 is 0 Å². The van der Waals surface area contributed by atoms with Crippen LogP contribution in [0.1, 0.15) is 358 Å². The Labute approximate surface area is 829 Å². The second kappa shape index (κ2) is 55.9. The van der Waals surface area contributed by atoms with Crippen LogP contribution >= 0.6 is 137 Å². The Morgan fingerprint density at radius 1 is 0.223 bits per heavy atom. The van der Waals surface area contributed by atoms with Crippen molar-refractivity contribution < 1.29 is 0 Å². The van der Waals surface area contributed by atoms with E-state index < -0.39 is 0 Å². The third-order valence-corrected chi connectivity index (χ3v) is 34.4. The lowest BCUT2D eigenvalue weighted by molar-refractivity contribution is 0.556. The SMILES string of the molecule is CCCCCCCCCCCCc1cc(C)sc1C#Cc1c2cc3ccsc3cc2c(C#Cc2sc(C)cc2CCCCCCCCCCCC)c2cc3ccsc3cc12.CCCCCCCCCCCCc1cc(Cl)sc1C#Cc1c2cc3ccsc3cc2c(C#Cc2sc(Cl)cc2CCCCCCCCCCCC)c2cc3ccsc3cc12.c1ccsc1.c1ccsc1. The first-order valence-corrected chi connectivity index (χ1v) is 58.8. The van der Waals surface area contributed by atoms with Gasteiger partial charge in [0, 0.05) is 72.4 Å². The number of thiophene rings is 10. The zero-order valence-corrected chi connectivity index (χ0v) is 87.8. The van der Waals surface area contributed by atoms with E-state index in [1.54, 1.807) is 68.0 Å². The molecule has 0 spiro atoms. The summed E-state index contributed by atoms with van der Waals surface area (Å²) in [6.45, 7) is 13.7. The first-order chi connectivity index (χ1) is 64.0. The molecule has 0 saturated carbocycles. The molecule has 130 heavy (non-hydrogen) atoms. The van der Waals surface area contributed by atoms with Crippen molar-refractivity contribution in [1.82, 2.24) is 0 Å². The van der Waals surface area contributed by atoms with Crippen LogP contribution < -0.4 is 0 Å².